The van der Waals surface area contributed by atoms with Crippen molar-refractivity contribution >= 4 is 16.7 Å². The molecule has 0 radical (unpaired) electrons. The smallest absolute Gasteiger partial charge is 0.291 e. The Morgan fingerprint density at radius 1 is 1.19 bits per heavy atom. The van der Waals surface area contributed by atoms with Crippen LogP contribution in [0.1, 0.15) is 29.1 Å². The fourth-order valence-corrected chi connectivity index (χ4v) is 4.13. The van der Waals surface area contributed by atoms with E-state index in [0.717, 1.165) is 16.5 Å². The van der Waals surface area contributed by atoms with Gasteiger partial charge in [0.15, 0.2) is 5.89 Å². The summed E-state index contributed by atoms with van der Waals surface area (Å²) in [4.78, 5) is 23.1. The maximum Gasteiger partial charge on any atom is 0.291 e. The maximum atomic E-state index is 12.9. The molecule has 8 heteroatoms. The number of ether oxygens (including phenoxy) is 3. The molecule has 2 aromatic heterocycles. The van der Waals surface area contributed by atoms with E-state index in [1.807, 2.05) is 37.4 Å². The number of hydrogen-bond donors (Lipinski definition) is 0. The Kier molecular flexibility index (Phi) is 5.33. The molecule has 2 aliphatic heterocycles. The summed E-state index contributed by atoms with van der Waals surface area (Å²) in [5.74, 6) is 1.50. The molecule has 0 N–H and O–H groups in total. The van der Waals surface area contributed by atoms with Gasteiger partial charge in [-0.05, 0) is 19.1 Å². The van der Waals surface area contributed by atoms with Crippen molar-refractivity contribution in [3.63, 3.8) is 0 Å². The van der Waals surface area contributed by atoms with Gasteiger partial charge in [0.2, 0.25) is 5.76 Å². The lowest BCUT2D eigenvalue weighted by Crippen LogP contribution is -2.33. The molecule has 5 rings (SSSR count). The van der Waals surface area contributed by atoms with E-state index in [0.29, 0.717) is 50.1 Å². The van der Waals surface area contributed by atoms with Crippen molar-refractivity contribution in [2.75, 3.05) is 26.3 Å². The number of fused-ring (bicyclic) bond motifs is 2. The lowest BCUT2D eigenvalue weighted by Gasteiger charge is -2.20. The van der Waals surface area contributed by atoms with E-state index in [9.17, 15) is 4.79 Å². The zero-order valence-corrected chi connectivity index (χ0v) is 17.6. The molecule has 0 spiro atoms. The Morgan fingerprint density at radius 3 is 2.68 bits per heavy atom. The van der Waals surface area contributed by atoms with E-state index in [1.54, 1.807) is 18.0 Å². The fraction of sp³-hybridized carbons (Fsp3) is 0.435. The molecule has 31 heavy (non-hydrogen) atoms. The SMILES string of the molecule is CCc1nc(C)c(C(=O)N2C[C@@H]3OCC(Oc4cccc5cnccc45)CO[C@H]3C2)o1. The Morgan fingerprint density at radius 2 is 1.97 bits per heavy atom. The minimum Gasteiger partial charge on any atom is -0.485 e. The van der Waals surface area contributed by atoms with Gasteiger partial charge in [-0.15, -0.1) is 0 Å². The predicted molar refractivity (Wildman–Crippen MR) is 112 cm³/mol. The van der Waals surface area contributed by atoms with Gasteiger partial charge in [0.05, 0.1) is 32.0 Å². The van der Waals surface area contributed by atoms with E-state index in [1.165, 1.54) is 0 Å². The number of likely N-dealkylation sites (tertiary alicyclic amines) is 1. The highest BCUT2D eigenvalue weighted by Gasteiger charge is 2.41. The van der Waals surface area contributed by atoms with Gasteiger partial charge < -0.3 is 23.5 Å². The highest BCUT2D eigenvalue weighted by molar-refractivity contribution is 5.92. The largest absolute Gasteiger partial charge is 0.485 e. The van der Waals surface area contributed by atoms with Crippen molar-refractivity contribution in [1.29, 1.82) is 0 Å². The fourth-order valence-electron chi connectivity index (χ4n) is 4.13. The van der Waals surface area contributed by atoms with E-state index < -0.39 is 0 Å². The second-order valence-corrected chi connectivity index (χ2v) is 7.92. The lowest BCUT2D eigenvalue weighted by atomic mass is 10.1. The van der Waals surface area contributed by atoms with E-state index >= 15 is 0 Å². The number of nitrogens with zero attached hydrogens (tertiary/aromatic N) is 3. The van der Waals surface area contributed by atoms with E-state index in [2.05, 4.69) is 9.97 Å². The second kappa shape index (κ2) is 8.28. The van der Waals surface area contributed by atoms with Crippen LogP contribution in [-0.2, 0) is 15.9 Å². The van der Waals surface area contributed by atoms with Gasteiger partial charge in [0, 0.05) is 29.6 Å². The molecular formula is C23H25N3O5. The van der Waals surface area contributed by atoms with Gasteiger partial charge in [0.1, 0.15) is 24.1 Å². The monoisotopic (exact) mass is 423 g/mol. The van der Waals surface area contributed by atoms with Crippen LogP contribution >= 0.6 is 0 Å². The third-order valence-corrected chi connectivity index (χ3v) is 5.77. The van der Waals surface area contributed by atoms with Crippen molar-refractivity contribution in [3.8, 4) is 5.75 Å². The summed E-state index contributed by atoms with van der Waals surface area (Å²) in [6.45, 7) is 5.44. The van der Waals surface area contributed by atoms with Crippen molar-refractivity contribution in [1.82, 2.24) is 14.9 Å². The van der Waals surface area contributed by atoms with Crippen LogP contribution in [0.5, 0.6) is 5.75 Å². The minimum atomic E-state index is -0.225. The van der Waals surface area contributed by atoms with E-state index in [-0.39, 0.29) is 24.2 Å². The zero-order valence-electron chi connectivity index (χ0n) is 17.6. The number of rotatable bonds is 4. The van der Waals surface area contributed by atoms with Crippen LogP contribution in [0.2, 0.25) is 0 Å². The average molecular weight is 423 g/mol. The first-order valence-corrected chi connectivity index (χ1v) is 10.6. The average Bonchev–Trinajstić information content (AvgIpc) is 3.33. The van der Waals surface area contributed by atoms with Gasteiger partial charge in [-0.25, -0.2) is 4.98 Å². The molecule has 8 nitrogen and oxygen atoms in total. The predicted octanol–water partition coefficient (Wildman–Crippen LogP) is 2.78. The van der Waals surface area contributed by atoms with Crippen molar-refractivity contribution in [2.45, 2.75) is 38.6 Å². The van der Waals surface area contributed by atoms with Gasteiger partial charge in [-0.2, -0.15) is 0 Å². The third kappa shape index (κ3) is 3.88. The molecule has 2 aliphatic rings. The molecule has 3 aromatic rings. The quantitative estimate of drug-likeness (QED) is 0.638. The van der Waals surface area contributed by atoms with E-state index in [4.69, 9.17) is 18.6 Å². The third-order valence-electron chi connectivity index (χ3n) is 5.77. The first kappa shape index (κ1) is 20.0. The number of hydrogen-bond acceptors (Lipinski definition) is 7. The minimum absolute atomic E-state index is 0.165. The number of amides is 1. The Balaban J connectivity index is 1.23. The topological polar surface area (TPSA) is 86.9 Å². The number of carbonyl (C=O) groups excluding carboxylic acids is 1. The summed E-state index contributed by atoms with van der Waals surface area (Å²) in [6, 6.07) is 7.84. The van der Waals surface area contributed by atoms with Crippen molar-refractivity contribution in [3.05, 3.63) is 54.0 Å². The maximum absolute atomic E-state index is 12.9. The molecule has 0 aliphatic carbocycles. The van der Waals surface area contributed by atoms with Gasteiger partial charge in [-0.1, -0.05) is 19.1 Å². The van der Waals surface area contributed by atoms with Crippen molar-refractivity contribution in [2.24, 2.45) is 0 Å². The van der Waals surface area contributed by atoms with Crippen molar-refractivity contribution < 1.29 is 23.4 Å². The molecule has 2 fully saturated rings. The summed E-state index contributed by atoms with van der Waals surface area (Å²) in [5.41, 5.74) is 0.620. The van der Waals surface area contributed by atoms with Crippen LogP contribution in [0.4, 0.5) is 0 Å². The first-order chi connectivity index (χ1) is 15.1. The highest BCUT2D eigenvalue weighted by atomic mass is 16.6. The van der Waals surface area contributed by atoms with Gasteiger partial charge >= 0.3 is 0 Å². The standard InChI is InChI=1S/C23H25N3O5/c1-3-21-25-14(2)22(31-21)23(27)26-10-19-20(11-26)29-13-16(12-28-19)30-18-6-4-5-15-9-24-8-7-17(15)18/h4-9,16,19-20H,3,10-13H2,1-2H3/t19-,20-/m0/s1. The molecule has 0 unspecified atom stereocenters. The Bertz CT molecular complexity index is 1080. The summed E-state index contributed by atoms with van der Waals surface area (Å²) < 4.78 is 24.0. The molecule has 1 amide bonds. The van der Waals surface area contributed by atoms with Gasteiger partial charge in [-0.3, -0.25) is 9.78 Å². The number of aromatic nitrogens is 2. The van der Waals surface area contributed by atoms with Crippen LogP contribution in [0, 0.1) is 6.92 Å². The normalized spacial score (nSPS) is 21.8. The molecule has 2 saturated heterocycles. The summed E-state index contributed by atoms with van der Waals surface area (Å²) >= 11 is 0. The van der Waals surface area contributed by atoms with Gasteiger partial charge in [0.25, 0.3) is 5.91 Å². The van der Waals surface area contributed by atoms with Crippen LogP contribution in [0.15, 0.2) is 41.1 Å². The molecule has 0 saturated carbocycles. The van der Waals surface area contributed by atoms with Crippen LogP contribution in [0.3, 0.4) is 0 Å². The summed E-state index contributed by atoms with van der Waals surface area (Å²) in [5, 5.41) is 2.03. The second-order valence-electron chi connectivity index (χ2n) is 7.92. The molecule has 2 atom stereocenters. The summed E-state index contributed by atoms with van der Waals surface area (Å²) in [6.07, 6.45) is 3.62. The highest BCUT2D eigenvalue weighted by Crippen LogP contribution is 2.28. The molecule has 162 valence electrons. The number of oxazole rings is 1. The zero-order chi connectivity index (χ0) is 21.4. The lowest BCUT2D eigenvalue weighted by molar-refractivity contribution is -0.00461. The molecular weight excluding hydrogens is 398 g/mol. The Labute approximate surface area is 180 Å². The number of pyridine rings is 1. The Hall–Kier alpha value is -2.97. The molecule has 1 aromatic carbocycles. The number of aryl methyl sites for hydroxylation is 2. The molecule has 0 bridgehead atoms. The summed E-state index contributed by atoms with van der Waals surface area (Å²) in [7, 11) is 0. The number of benzene rings is 1. The first-order valence-electron chi connectivity index (χ1n) is 10.6. The van der Waals surface area contributed by atoms with Crippen LogP contribution in [0.25, 0.3) is 10.8 Å². The molecule has 4 heterocycles. The van der Waals surface area contributed by atoms with Crippen LogP contribution in [-0.4, -0.2) is 65.4 Å². The van der Waals surface area contributed by atoms with Crippen LogP contribution < -0.4 is 4.74 Å². The number of carbonyl (C=O) groups is 1.